The number of alkyl halides is 3. The van der Waals surface area contributed by atoms with Crippen LogP contribution in [0.3, 0.4) is 0 Å². The van der Waals surface area contributed by atoms with Crippen molar-refractivity contribution in [2.45, 2.75) is 6.18 Å². The van der Waals surface area contributed by atoms with Crippen molar-refractivity contribution in [2.24, 2.45) is 5.73 Å². The summed E-state index contributed by atoms with van der Waals surface area (Å²) in [7, 11) is 1.24. The van der Waals surface area contributed by atoms with Gasteiger partial charge in [0.1, 0.15) is 5.75 Å². The molecule has 0 saturated carbocycles. The number of benzene rings is 1. The lowest BCUT2D eigenvalue weighted by Gasteiger charge is -2.14. The van der Waals surface area contributed by atoms with Crippen LogP contribution >= 0.6 is 15.9 Å². The van der Waals surface area contributed by atoms with Gasteiger partial charge in [0.2, 0.25) is 0 Å². The number of rotatable bonds is 3. The predicted octanol–water partition coefficient (Wildman–Crippen LogP) is 2.62. The Morgan fingerprint density at radius 2 is 2.06 bits per heavy atom. The Hall–Kier alpha value is -1.08. The molecule has 1 aromatic rings. The minimum Gasteiger partial charge on any atom is -0.496 e. The summed E-state index contributed by atoms with van der Waals surface area (Å²) < 4.78 is 43.2. The van der Waals surface area contributed by atoms with Crippen molar-refractivity contribution >= 4 is 21.7 Å². The van der Waals surface area contributed by atoms with Crippen LogP contribution in [-0.4, -0.2) is 19.4 Å². The van der Waals surface area contributed by atoms with E-state index >= 15 is 0 Å². The van der Waals surface area contributed by atoms with Gasteiger partial charge in [0.15, 0.2) is 5.78 Å². The molecule has 3 nitrogen and oxygen atoms in total. The third-order valence-electron chi connectivity index (χ3n) is 2.08. The first-order valence-corrected chi connectivity index (χ1v) is 5.28. The van der Waals surface area contributed by atoms with Crippen LogP contribution in [0.25, 0.3) is 0 Å². The van der Waals surface area contributed by atoms with Crippen LogP contribution in [0.2, 0.25) is 0 Å². The summed E-state index contributed by atoms with van der Waals surface area (Å²) in [5.41, 5.74) is 3.56. The molecule has 0 heterocycles. The average Bonchev–Trinajstić information content (AvgIpc) is 2.26. The number of ether oxygens (including phenoxy) is 1. The predicted molar refractivity (Wildman–Crippen MR) is 59.1 cm³/mol. The van der Waals surface area contributed by atoms with Crippen molar-refractivity contribution in [2.75, 3.05) is 13.7 Å². The van der Waals surface area contributed by atoms with Crippen molar-refractivity contribution in [3.8, 4) is 5.75 Å². The van der Waals surface area contributed by atoms with Crippen molar-refractivity contribution < 1.29 is 22.7 Å². The number of carbonyl (C=O) groups excluding carboxylic acids is 1. The van der Waals surface area contributed by atoms with E-state index in [0.717, 1.165) is 12.1 Å². The molecular formula is C10H9BrF3NO2. The molecule has 0 amide bonds. The molecule has 0 saturated heterocycles. The Morgan fingerprint density at radius 3 is 2.47 bits per heavy atom. The summed E-state index contributed by atoms with van der Waals surface area (Å²) in [6, 6.07) is 1.84. The second-order valence-corrected chi connectivity index (χ2v) is 4.01. The topological polar surface area (TPSA) is 52.3 Å². The van der Waals surface area contributed by atoms with Crippen molar-refractivity contribution in [3.63, 3.8) is 0 Å². The van der Waals surface area contributed by atoms with Gasteiger partial charge in [0.25, 0.3) is 0 Å². The number of carbonyl (C=O) groups is 1. The summed E-state index contributed by atoms with van der Waals surface area (Å²) in [6.07, 6.45) is -4.63. The van der Waals surface area contributed by atoms with E-state index in [1.54, 1.807) is 0 Å². The van der Waals surface area contributed by atoms with Gasteiger partial charge in [0, 0.05) is 5.56 Å². The largest absolute Gasteiger partial charge is 0.496 e. The lowest BCUT2D eigenvalue weighted by molar-refractivity contribution is -0.138. The van der Waals surface area contributed by atoms with Crippen LogP contribution < -0.4 is 10.5 Å². The molecule has 0 fully saturated rings. The highest BCUT2D eigenvalue weighted by molar-refractivity contribution is 9.10. The maximum atomic E-state index is 12.7. The fourth-order valence-corrected chi connectivity index (χ4v) is 1.79. The zero-order valence-corrected chi connectivity index (χ0v) is 10.4. The molecule has 1 aromatic carbocycles. The van der Waals surface area contributed by atoms with Gasteiger partial charge in [0.05, 0.1) is 23.7 Å². The van der Waals surface area contributed by atoms with Crippen LogP contribution in [0.15, 0.2) is 16.6 Å². The first-order valence-electron chi connectivity index (χ1n) is 4.49. The van der Waals surface area contributed by atoms with E-state index in [9.17, 15) is 18.0 Å². The van der Waals surface area contributed by atoms with E-state index in [1.807, 2.05) is 0 Å². The molecule has 1 rings (SSSR count). The van der Waals surface area contributed by atoms with Gasteiger partial charge in [-0.15, -0.1) is 0 Å². The minimum absolute atomic E-state index is 0.00546. The molecule has 94 valence electrons. The highest BCUT2D eigenvalue weighted by atomic mass is 79.9. The van der Waals surface area contributed by atoms with E-state index in [1.165, 1.54) is 7.11 Å². The van der Waals surface area contributed by atoms with Crippen molar-refractivity contribution in [3.05, 3.63) is 27.7 Å². The third kappa shape index (κ3) is 2.98. The fraction of sp³-hybridized carbons (Fsp3) is 0.300. The number of hydrogen-bond acceptors (Lipinski definition) is 3. The van der Waals surface area contributed by atoms with Crippen LogP contribution in [0.1, 0.15) is 15.9 Å². The Bertz CT molecular complexity index is 446. The summed E-state index contributed by atoms with van der Waals surface area (Å²) in [6.45, 7) is -0.484. The highest BCUT2D eigenvalue weighted by Crippen LogP contribution is 2.38. The van der Waals surface area contributed by atoms with Gasteiger partial charge in [-0.05, 0) is 28.1 Å². The summed E-state index contributed by atoms with van der Waals surface area (Å²) in [4.78, 5) is 11.3. The van der Waals surface area contributed by atoms with Crippen LogP contribution in [-0.2, 0) is 6.18 Å². The monoisotopic (exact) mass is 311 g/mol. The Morgan fingerprint density at radius 1 is 1.47 bits per heavy atom. The standard InChI is InChI=1S/C10H9BrF3NO2/c1-17-9-3-6(10(12,13)14)5(2-7(9)11)8(16)4-15/h2-3H,4,15H2,1H3. The number of ketones is 1. The third-order valence-corrected chi connectivity index (χ3v) is 2.70. The highest BCUT2D eigenvalue weighted by Gasteiger charge is 2.36. The molecule has 0 unspecified atom stereocenters. The van der Waals surface area contributed by atoms with Crippen LogP contribution in [0.5, 0.6) is 5.75 Å². The lowest BCUT2D eigenvalue weighted by atomic mass is 10.0. The van der Waals surface area contributed by atoms with Gasteiger partial charge in [-0.3, -0.25) is 4.79 Å². The molecule has 0 aliphatic rings. The number of hydrogen-bond donors (Lipinski definition) is 1. The first kappa shape index (κ1) is 14.0. The zero-order valence-electron chi connectivity index (χ0n) is 8.77. The van der Waals surface area contributed by atoms with E-state index in [0.29, 0.717) is 0 Å². The molecule has 2 N–H and O–H groups in total. The maximum absolute atomic E-state index is 12.7. The van der Waals surface area contributed by atoms with Crippen LogP contribution in [0.4, 0.5) is 13.2 Å². The van der Waals surface area contributed by atoms with Gasteiger partial charge in [-0.2, -0.15) is 13.2 Å². The molecule has 0 spiro atoms. The summed E-state index contributed by atoms with van der Waals surface area (Å²) >= 11 is 3.02. The van der Waals surface area contributed by atoms with E-state index in [2.05, 4.69) is 15.9 Å². The zero-order chi connectivity index (χ0) is 13.2. The Balaban J connectivity index is 3.47. The Labute approximate surface area is 104 Å². The van der Waals surface area contributed by atoms with Crippen molar-refractivity contribution in [1.29, 1.82) is 0 Å². The van der Waals surface area contributed by atoms with Gasteiger partial charge < -0.3 is 10.5 Å². The normalized spacial score (nSPS) is 11.4. The lowest BCUT2D eigenvalue weighted by Crippen LogP contribution is -2.19. The van der Waals surface area contributed by atoms with E-state index in [4.69, 9.17) is 10.5 Å². The average molecular weight is 312 g/mol. The molecule has 7 heteroatoms. The SMILES string of the molecule is COc1cc(C(F)(F)F)c(C(=O)CN)cc1Br. The Kier molecular flexibility index (Phi) is 4.16. The van der Waals surface area contributed by atoms with Crippen LogP contribution in [0, 0.1) is 0 Å². The maximum Gasteiger partial charge on any atom is 0.417 e. The second-order valence-electron chi connectivity index (χ2n) is 3.16. The minimum atomic E-state index is -4.63. The molecule has 0 aliphatic carbocycles. The number of nitrogens with two attached hydrogens (primary N) is 1. The number of halogens is 4. The number of Topliss-reactive ketones (excluding diaryl/α,β-unsaturated/α-hetero) is 1. The van der Waals surface area contributed by atoms with Gasteiger partial charge >= 0.3 is 6.18 Å². The fourth-order valence-electron chi connectivity index (χ4n) is 1.29. The molecule has 0 atom stereocenters. The number of methoxy groups -OCH3 is 1. The van der Waals surface area contributed by atoms with E-state index < -0.39 is 29.6 Å². The molecular weight excluding hydrogens is 303 g/mol. The first-order chi connectivity index (χ1) is 7.81. The quantitative estimate of drug-likeness (QED) is 0.873. The summed E-state index contributed by atoms with van der Waals surface area (Å²) in [5.74, 6) is -0.772. The molecule has 0 aromatic heterocycles. The van der Waals surface area contributed by atoms with E-state index in [-0.39, 0.29) is 10.2 Å². The van der Waals surface area contributed by atoms with Gasteiger partial charge in [-0.25, -0.2) is 0 Å². The second kappa shape index (κ2) is 5.05. The molecule has 0 bridgehead atoms. The molecule has 17 heavy (non-hydrogen) atoms. The molecule has 0 aliphatic heterocycles. The summed E-state index contributed by atoms with van der Waals surface area (Å²) in [5, 5.41) is 0. The van der Waals surface area contributed by atoms with Gasteiger partial charge in [-0.1, -0.05) is 0 Å². The smallest absolute Gasteiger partial charge is 0.417 e. The molecule has 0 radical (unpaired) electrons. The van der Waals surface area contributed by atoms with Crippen molar-refractivity contribution in [1.82, 2.24) is 0 Å².